The average molecular weight is 438 g/mol. The number of para-hydroxylation sites is 2. The summed E-state index contributed by atoms with van der Waals surface area (Å²) in [4.78, 5) is 4.48. The van der Waals surface area contributed by atoms with Gasteiger partial charge in [-0.3, -0.25) is 0 Å². The summed E-state index contributed by atoms with van der Waals surface area (Å²) >= 11 is 0. The van der Waals surface area contributed by atoms with E-state index in [1.165, 1.54) is 0 Å². The maximum Gasteiger partial charge on any atom is 0.226 e. The first-order chi connectivity index (χ1) is 16.3. The van der Waals surface area contributed by atoms with Gasteiger partial charge < -0.3 is 19.5 Å². The van der Waals surface area contributed by atoms with Gasteiger partial charge in [0.2, 0.25) is 5.95 Å². The summed E-state index contributed by atoms with van der Waals surface area (Å²) in [5, 5.41) is 8.08. The number of ether oxygens (including phenoxy) is 3. The Morgan fingerprint density at radius 3 is 2.52 bits per heavy atom. The molecule has 0 fully saturated rings. The molecule has 33 heavy (non-hydrogen) atoms. The van der Waals surface area contributed by atoms with E-state index >= 15 is 0 Å². The van der Waals surface area contributed by atoms with Gasteiger partial charge in [-0.1, -0.05) is 42.5 Å². The number of aromatic nitrogens is 3. The van der Waals surface area contributed by atoms with Gasteiger partial charge in [0.05, 0.1) is 19.9 Å². The van der Waals surface area contributed by atoms with Crippen LogP contribution in [0.2, 0.25) is 0 Å². The fourth-order valence-electron chi connectivity index (χ4n) is 4.67. The second kappa shape index (κ2) is 7.70. The highest BCUT2D eigenvalue weighted by Crippen LogP contribution is 2.51. The minimum absolute atomic E-state index is 0.229. The van der Waals surface area contributed by atoms with E-state index in [-0.39, 0.29) is 12.1 Å². The first kappa shape index (κ1) is 19.4. The van der Waals surface area contributed by atoms with Gasteiger partial charge in [-0.15, -0.1) is 0 Å². The SMILES string of the molecule is COc1ccc([C@H]2C3=C(Nc4ncnn42)c2ccccc2O[C@H]3c2ccccc2OC)cc1. The molecule has 0 unspecified atom stereocenters. The molecular weight excluding hydrogens is 416 g/mol. The van der Waals surface area contributed by atoms with Crippen molar-refractivity contribution in [1.82, 2.24) is 14.8 Å². The maximum absolute atomic E-state index is 6.65. The van der Waals surface area contributed by atoms with Gasteiger partial charge >= 0.3 is 0 Å². The second-order valence-electron chi connectivity index (χ2n) is 7.90. The first-order valence-corrected chi connectivity index (χ1v) is 10.7. The normalized spacial score (nSPS) is 18.4. The van der Waals surface area contributed by atoms with Crippen molar-refractivity contribution in [3.05, 3.63) is 101 Å². The van der Waals surface area contributed by atoms with Gasteiger partial charge in [0.1, 0.15) is 29.6 Å². The number of anilines is 1. The number of nitrogens with zero attached hydrogens (tertiary/aromatic N) is 3. The topological polar surface area (TPSA) is 70.4 Å². The Hall–Kier alpha value is -4.26. The van der Waals surface area contributed by atoms with Gasteiger partial charge in [-0.2, -0.15) is 10.1 Å². The Bertz CT molecular complexity index is 1360. The van der Waals surface area contributed by atoms with Gasteiger partial charge in [0.15, 0.2) is 6.10 Å². The molecular formula is C26H22N4O3. The fourth-order valence-corrected chi connectivity index (χ4v) is 4.67. The predicted octanol–water partition coefficient (Wildman–Crippen LogP) is 4.86. The van der Waals surface area contributed by atoms with Crippen molar-refractivity contribution in [2.24, 2.45) is 0 Å². The summed E-state index contributed by atoms with van der Waals surface area (Å²) in [6.45, 7) is 0. The number of fused-ring (bicyclic) bond motifs is 3. The molecule has 0 spiro atoms. The molecule has 7 nitrogen and oxygen atoms in total. The zero-order chi connectivity index (χ0) is 22.4. The van der Waals surface area contributed by atoms with Gasteiger partial charge in [-0.25, -0.2) is 4.68 Å². The van der Waals surface area contributed by atoms with Gasteiger partial charge in [-0.05, 0) is 35.9 Å². The standard InChI is InChI=1S/C26H22N4O3/c1-31-17-13-11-16(12-14-17)24-22-23(29-26-27-15-28-30(24)26)18-7-3-6-10-21(18)33-25(22)19-8-4-5-9-20(19)32-2/h3-15,24-25H,1-2H3,(H,27,28,29)/t24-,25-/m0/s1. The number of methoxy groups -OCH3 is 2. The van der Waals surface area contributed by atoms with Crippen LogP contribution in [0.4, 0.5) is 5.95 Å². The third-order valence-electron chi connectivity index (χ3n) is 6.17. The molecule has 0 amide bonds. The Balaban J connectivity index is 1.62. The summed E-state index contributed by atoms with van der Waals surface area (Å²) in [5.41, 5.74) is 5.02. The van der Waals surface area contributed by atoms with Crippen LogP contribution in [0, 0.1) is 0 Å². The summed E-state index contributed by atoms with van der Waals surface area (Å²) in [6.07, 6.45) is 1.19. The van der Waals surface area contributed by atoms with Crippen LogP contribution in [0.15, 0.2) is 84.7 Å². The summed E-state index contributed by atoms with van der Waals surface area (Å²) in [7, 11) is 3.35. The molecule has 0 aliphatic carbocycles. The van der Waals surface area contributed by atoms with Crippen LogP contribution in [-0.2, 0) is 0 Å². The first-order valence-electron chi connectivity index (χ1n) is 10.7. The van der Waals surface area contributed by atoms with Crippen LogP contribution in [0.3, 0.4) is 0 Å². The van der Waals surface area contributed by atoms with Crippen LogP contribution in [0.25, 0.3) is 5.70 Å². The fraction of sp³-hybridized carbons (Fsp3) is 0.154. The lowest BCUT2D eigenvalue weighted by atomic mass is 9.84. The van der Waals surface area contributed by atoms with Crippen LogP contribution < -0.4 is 19.5 Å². The molecule has 0 radical (unpaired) electrons. The van der Waals surface area contributed by atoms with E-state index in [2.05, 4.69) is 33.6 Å². The lowest BCUT2D eigenvalue weighted by molar-refractivity contribution is 0.217. The van der Waals surface area contributed by atoms with Crippen molar-refractivity contribution in [3.8, 4) is 17.2 Å². The minimum Gasteiger partial charge on any atom is -0.497 e. The third-order valence-corrected chi connectivity index (χ3v) is 6.17. The van der Waals surface area contributed by atoms with Crippen LogP contribution in [0.1, 0.15) is 28.8 Å². The number of rotatable bonds is 4. The Kier molecular flexibility index (Phi) is 4.54. The van der Waals surface area contributed by atoms with E-state index < -0.39 is 0 Å². The van der Waals surface area contributed by atoms with E-state index in [1.807, 2.05) is 59.3 Å². The summed E-state index contributed by atoms with van der Waals surface area (Å²) in [5.74, 6) is 3.06. The van der Waals surface area contributed by atoms with Crippen molar-refractivity contribution in [2.45, 2.75) is 12.1 Å². The zero-order valence-electron chi connectivity index (χ0n) is 18.2. The van der Waals surface area contributed by atoms with Gasteiger partial charge in [0, 0.05) is 16.7 Å². The summed E-state index contributed by atoms with van der Waals surface area (Å²) in [6, 6.07) is 23.8. The van der Waals surface area contributed by atoms with Crippen LogP contribution in [-0.4, -0.2) is 29.0 Å². The van der Waals surface area contributed by atoms with Crippen molar-refractivity contribution in [3.63, 3.8) is 0 Å². The molecule has 1 N–H and O–H groups in total. The molecule has 2 atom stereocenters. The molecule has 0 saturated carbocycles. The van der Waals surface area contributed by atoms with E-state index in [4.69, 9.17) is 14.2 Å². The summed E-state index contributed by atoms with van der Waals surface area (Å²) < 4.78 is 19.7. The van der Waals surface area contributed by atoms with Crippen LogP contribution in [0.5, 0.6) is 17.2 Å². The smallest absolute Gasteiger partial charge is 0.226 e. The quantitative estimate of drug-likeness (QED) is 0.491. The van der Waals surface area contributed by atoms with E-state index in [1.54, 1.807) is 20.5 Å². The van der Waals surface area contributed by atoms with E-state index in [9.17, 15) is 0 Å². The van der Waals surface area contributed by atoms with E-state index in [0.717, 1.165) is 45.2 Å². The lowest BCUT2D eigenvalue weighted by Gasteiger charge is -2.39. The molecule has 0 saturated heterocycles. The molecule has 2 aliphatic heterocycles. The molecule has 164 valence electrons. The van der Waals surface area contributed by atoms with Crippen molar-refractivity contribution in [2.75, 3.05) is 19.5 Å². The molecule has 4 aromatic rings. The predicted molar refractivity (Wildman–Crippen MR) is 125 cm³/mol. The lowest BCUT2D eigenvalue weighted by Crippen LogP contribution is -2.32. The van der Waals surface area contributed by atoms with E-state index in [0.29, 0.717) is 5.95 Å². The molecule has 7 heteroatoms. The molecule has 6 rings (SSSR count). The highest BCUT2D eigenvalue weighted by atomic mass is 16.5. The number of benzene rings is 3. The zero-order valence-corrected chi connectivity index (χ0v) is 18.2. The molecule has 1 aromatic heterocycles. The Morgan fingerprint density at radius 2 is 1.70 bits per heavy atom. The molecule has 3 aromatic carbocycles. The minimum atomic E-state index is -0.386. The number of hydrogen-bond acceptors (Lipinski definition) is 6. The molecule has 2 aliphatic rings. The Morgan fingerprint density at radius 1 is 0.909 bits per heavy atom. The largest absolute Gasteiger partial charge is 0.497 e. The number of nitrogens with one attached hydrogen (secondary N) is 1. The van der Waals surface area contributed by atoms with Crippen LogP contribution >= 0.6 is 0 Å². The van der Waals surface area contributed by atoms with Gasteiger partial charge in [0.25, 0.3) is 0 Å². The van der Waals surface area contributed by atoms with Crippen molar-refractivity contribution < 1.29 is 14.2 Å². The number of hydrogen-bond donors (Lipinski definition) is 1. The second-order valence-corrected chi connectivity index (χ2v) is 7.90. The molecule has 3 heterocycles. The third kappa shape index (κ3) is 3.04. The monoisotopic (exact) mass is 438 g/mol. The Labute approximate surface area is 191 Å². The van der Waals surface area contributed by atoms with Crippen molar-refractivity contribution in [1.29, 1.82) is 0 Å². The van der Waals surface area contributed by atoms with Crippen molar-refractivity contribution >= 4 is 11.6 Å². The molecule has 0 bridgehead atoms. The average Bonchev–Trinajstić information content (AvgIpc) is 3.35. The maximum atomic E-state index is 6.65. The highest BCUT2D eigenvalue weighted by Gasteiger charge is 2.41. The highest BCUT2D eigenvalue weighted by molar-refractivity contribution is 5.85.